The SMILES string of the molecule is Cn1c(=O)n(CCC(=O)Nc2nc(-c3c[nH]c4ccccc34)cs2)c2ccccc21. The molecule has 0 fully saturated rings. The number of aryl methyl sites for hydroxylation is 2. The topological polar surface area (TPSA) is 84.7 Å². The van der Waals surface area contributed by atoms with Gasteiger partial charge < -0.3 is 10.3 Å². The quantitative estimate of drug-likeness (QED) is 0.454. The normalized spacial score (nSPS) is 11.4. The van der Waals surface area contributed by atoms with Crippen LogP contribution in [0.1, 0.15) is 6.42 Å². The first-order valence-electron chi connectivity index (χ1n) is 9.58. The van der Waals surface area contributed by atoms with E-state index in [2.05, 4.69) is 15.3 Å². The lowest BCUT2D eigenvalue weighted by molar-refractivity contribution is -0.116. The van der Waals surface area contributed by atoms with E-state index in [9.17, 15) is 9.59 Å². The van der Waals surface area contributed by atoms with E-state index in [0.29, 0.717) is 11.7 Å². The Morgan fingerprint density at radius 2 is 1.90 bits per heavy atom. The predicted molar refractivity (Wildman–Crippen MR) is 120 cm³/mol. The van der Waals surface area contributed by atoms with E-state index in [1.807, 2.05) is 60.1 Å². The first-order valence-corrected chi connectivity index (χ1v) is 10.5. The van der Waals surface area contributed by atoms with Crippen LogP contribution in [0.2, 0.25) is 0 Å². The number of fused-ring (bicyclic) bond motifs is 2. The van der Waals surface area contributed by atoms with Crippen molar-refractivity contribution < 1.29 is 4.79 Å². The van der Waals surface area contributed by atoms with Crippen molar-refractivity contribution in [3.8, 4) is 11.3 Å². The molecule has 0 bridgehead atoms. The van der Waals surface area contributed by atoms with Crippen LogP contribution in [0.15, 0.2) is 64.9 Å². The molecule has 7 nitrogen and oxygen atoms in total. The van der Waals surface area contributed by atoms with Crippen LogP contribution >= 0.6 is 11.3 Å². The summed E-state index contributed by atoms with van der Waals surface area (Å²) in [6.45, 7) is 0.312. The summed E-state index contributed by atoms with van der Waals surface area (Å²) in [7, 11) is 1.74. The van der Waals surface area contributed by atoms with Gasteiger partial charge in [-0.3, -0.25) is 13.9 Å². The lowest BCUT2D eigenvalue weighted by atomic mass is 10.1. The van der Waals surface area contributed by atoms with Gasteiger partial charge in [-0.1, -0.05) is 30.3 Å². The molecule has 0 saturated carbocycles. The van der Waals surface area contributed by atoms with Crippen molar-refractivity contribution in [1.82, 2.24) is 19.1 Å². The summed E-state index contributed by atoms with van der Waals surface area (Å²) in [5.41, 5.74) is 4.43. The maximum Gasteiger partial charge on any atom is 0.328 e. The molecular weight excluding hydrogens is 398 g/mol. The van der Waals surface area contributed by atoms with Crippen molar-refractivity contribution in [1.29, 1.82) is 0 Å². The second-order valence-electron chi connectivity index (χ2n) is 7.07. The first kappa shape index (κ1) is 18.4. The number of imidazole rings is 1. The molecule has 2 aromatic carbocycles. The Hall–Kier alpha value is -3.65. The number of thiazole rings is 1. The molecule has 3 heterocycles. The molecule has 0 atom stereocenters. The van der Waals surface area contributed by atoms with Crippen LogP contribution < -0.4 is 11.0 Å². The van der Waals surface area contributed by atoms with Crippen LogP contribution in [0.5, 0.6) is 0 Å². The molecule has 0 unspecified atom stereocenters. The smallest absolute Gasteiger partial charge is 0.328 e. The fourth-order valence-corrected chi connectivity index (χ4v) is 4.44. The zero-order chi connectivity index (χ0) is 20.7. The van der Waals surface area contributed by atoms with Gasteiger partial charge in [-0.15, -0.1) is 11.3 Å². The Bertz CT molecular complexity index is 1440. The molecule has 0 aliphatic heterocycles. The van der Waals surface area contributed by atoms with Gasteiger partial charge in [-0.05, 0) is 18.2 Å². The van der Waals surface area contributed by atoms with Crippen molar-refractivity contribution >= 4 is 44.3 Å². The number of H-pyrrole nitrogens is 1. The van der Waals surface area contributed by atoms with Gasteiger partial charge in [0.15, 0.2) is 5.13 Å². The summed E-state index contributed by atoms with van der Waals surface area (Å²) in [6.07, 6.45) is 2.12. The number of anilines is 1. The van der Waals surface area contributed by atoms with E-state index >= 15 is 0 Å². The number of carbonyl (C=O) groups is 1. The van der Waals surface area contributed by atoms with E-state index in [0.717, 1.165) is 33.2 Å². The second kappa shape index (κ2) is 7.31. The summed E-state index contributed by atoms with van der Waals surface area (Å²) < 4.78 is 3.23. The van der Waals surface area contributed by atoms with E-state index in [1.165, 1.54) is 11.3 Å². The Labute approximate surface area is 175 Å². The molecule has 0 saturated heterocycles. The molecule has 8 heteroatoms. The Morgan fingerprint density at radius 3 is 2.77 bits per heavy atom. The zero-order valence-electron chi connectivity index (χ0n) is 16.3. The summed E-state index contributed by atoms with van der Waals surface area (Å²) in [5.74, 6) is -0.172. The Kier molecular flexibility index (Phi) is 4.48. The van der Waals surface area contributed by atoms with Crippen LogP contribution in [0.3, 0.4) is 0 Å². The molecule has 5 rings (SSSR count). The predicted octanol–water partition coefficient (Wildman–Crippen LogP) is 3.97. The molecule has 2 N–H and O–H groups in total. The highest BCUT2D eigenvalue weighted by Gasteiger charge is 2.14. The number of nitrogens with zero attached hydrogens (tertiary/aromatic N) is 3. The van der Waals surface area contributed by atoms with Gasteiger partial charge in [0.2, 0.25) is 5.91 Å². The maximum absolute atomic E-state index is 12.5. The van der Waals surface area contributed by atoms with Crippen molar-refractivity contribution in [2.24, 2.45) is 7.05 Å². The molecule has 0 aliphatic rings. The van der Waals surface area contributed by atoms with E-state index < -0.39 is 0 Å². The van der Waals surface area contributed by atoms with Crippen LogP contribution in [0.4, 0.5) is 5.13 Å². The van der Waals surface area contributed by atoms with Crippen LogP contribution in [-0.4, -0.2) is 25.0 Å². The molecule has 0 aliphatic carbocycles. The van der Waals surface area contributed by atoms with E-state index in [-0.39, 0.29) is 18.0 Å². The molecule has 30 heavy (non-hydrogen) atoms. The average Bonchev–Trinajstić information content (AvgIpc) is 3.45. The number of aromatic nitrogens is 4. The molecule has 5 aromatic rings. The minimum Gasteiger partial charge on any atom is -0.360 e. The van der Waals surface area contributed by atoms with Crippen LogP contribution in [0.25, 0.3) is 33.2 Å². The molecule has 0 spiro atoms. The second-order valence-corrected chi connectivity index (χ2v) is 7.92. The number of hydrogen-bond acceptors (Lipinski definition) is 4. The van der Waals surface area contributed by atoms with E-state index in [4.69, 9.17) is 0 Å². The summed E-state index contributed by atoms with van der Waals surface area (Å²) >= 11 is 1.39. The highest BCUT2D eigenvalue weighted by Crippen LogP contribution is 2.30. The molecule has 0 radical (unpaired) electrons. The van der Waals surface area contributed by atoms with Gasteiger partial charge in [0.25, 0.3) is 0 Å². The van der Waals surface area contributed by atoms with Gasteiger partial charge in [0.05, 0.1) is 16.7 Å². The van der Waals surface area contributed by atoms with Gasteiger partial charge in [-0.2, -0.15) is 0 Å². The summed E-state index contributed by atoms with van der Waals surface area (Å²) in [4.78, 5) is 32.8. The highest BCUT2D eigenvalue weighted by molar-refractivity contribution is 7.14. The third kappa shape index (κ3) is 3.11. The summed E-state index contributed by atoms with van der Waals surface area (Å²) in [6, 6.07) is 15.6. The number of para-hydroxylation sites is 3. The van der Waals surface area contributed by atoms with Crippen molar-refractivity contribution in [3.05, 3.63) is 70.6 Å². The van der Waals surface area contributed by atoms with Crippen LogP contribution in [0, 0.1) is 0 Å². The zero-order valence-corrected chi connectivity index (χ0v) is 17.1. The molecule has 3 aromatic heterocycles. The highest BCUT2D eigenvalue weighted by atomic mass is 32.1. The van der Waals surface area contributed by atoms with Gasteiger partial charge in [0.1, 0.15) is 0 Å². The number of nitrogens with one attached hydrogen (secondary N) is 2. The van der Waals surface area contributed by atoms with Gasteiger partial charge in [-0.25, -0.2) is 9.78 Å². The molecular formula is C22H19N5O2S. The molecule has 1 amide bonds. The first-order chi connectivity index (χ1) is 14.6. The third-order valence-electron chi connectivity index (χ3n) is 5.23. The number of carbonyl (C=O) groups excluding carboxylic acids is 1. The van der Waals surface area contributed by atoms with Crippen molar-refractivity contribution in [3.63, 3.8) is 0 Å². The number of rotatable bonds is 5. The maximum atomic E-state index is 12.5. The fourth-order valence-electron chi connectivity index (χ4n) is 3.71. The third-order valence-corrected chi connectivity index (χ3v) is 5.99. The van der Waals surface area contributed by atoms with Gasteiger partial charge >= 0.3 is 5.69 Å². The number of amides is 1. The minimum atomic E-state index is -0.172. The van der Waals surface area contributed by atoms with Crippen molar-refractivity contribution in [2.75, 3.05) is 5.32 Å². The van der Waals surface area contributed by atoms with Crippen molar-refractivity contribution in [2.45, 2.75) is 13.0 Å². The lowest BCUT2D eigenvalue weighted by Gasteiger charge is -2.04. The number of hydrogen-bond donors (Lipinski definition) is 2. The van der Waals surface area contributed by atoms with E-state index in [1.54, 1.807) is 16.2 Å². The Balaban J connectivity index is 1.30. The molecule has 150 valence electrons. The largest absolute Gasteiger partial charge is 0.360 e. The summed E-state index contributed by atoms with van der Waals surface area (Å²) in [5, 5.41) is 6.42. The standard InChI is InChI=1S/C22H19N5O2S/c1-26-18-8-4-5-9-19(18)27(22(26)29)11-10-20(28)25-21-24-17(13-30-21)15-12-23-16-7-3-2-6-14(15)16/h2-9,12-13,23H,10-11H2,1H3,(H,24,25,28). The fraction of sp³-hybridized carbons (Fsp3) is 0.136. The van der Waals surface area contributed by atoms with Gasteiger partial charge in [0, 0.05) is 48.1 Å². The Morgan fingerprint density at radius 1 is 1.13 bits per heavy atom. The average molecular weight is 417 g/mol. The minimum absolute atomic E-state index is 0.125. The number of aromatic amines is 1. The lowest BCUT2D eigenvalue weighted by Crippen LogP contribution is -2.24. The van der Waals surface area contributed by atoms with Crippen LogP contribution in [-0.2, 0) is 18.4 Å². The number of benzene rings is 2. The monoisotopic (exact) mass is 417 g/mol.